The van der Waals surface area contributed by atoms with E-state index < -0.39 is 0 Å². The first-order valence-electron chi connectivity index (χ1n) is 11.3. The summed E-state index contributed by atoms with van der Waals surface area (Å²) in [7, 11) is 1.99. The van der Waals surface area contributed by atoms with Gasteiger partial charge < -0.3 is 15.3 Å². The van der Waals surface area contributed by atoms with E-state index in [9.17, 15) is 9.50 Å². The summed E-state index contributed by atoms with van der Waals surface area (Å²) >= 11 is 0. The smallest absolute Gasteiger partial charge is 0.245 e. The number of aromatic hydroxyl groups is 1. The molecule has 2 aliphatic rings. The molecule has 0 bridgehead atoms. The molecular formula is C24H32FN7O. The highest BCUT2D eigenvalue weighted by Gasteiger charge is 2.39. The SMILES string of the molecule is CN(c1ncc(-c2ncc(C3=C(F)CCCN=C3)cc2O)nn1)C1CC(C)(C)NC(C)(C)C1. The van der Waals surface area contributed by atoms with E-state index in [0.717, 1.165) is 12.8 Å². The molecule has 2 aliphatic heterocycles. The van der Waals surface area contributed by atoms with Gasteiger partial charge in [-0.2, -0.15) is 0 Å². The minimum atomic E-state index is -0.247. The van der Waals surface area contributed by atoms with Crippen molar-refractivity contribution in [3.8, 4) is 17.1 Å². The molecule has 0 radical (unpaired) electrons. The normalized spacial score (nSPS) is 20.5. The van der Waals surface area contributed by atoms with Crippen molar-refractivity contribution in [1.29, 1.82) is 0 Å². The van der Waals surface area contributed by atoms with Crippen LogP contribution >= 0.6 is 0 Å². The van der Waals surface area contributed by atoms with Crippen LogP contribution in [-0.2, 0) is 0 Å². The Bertz CT molecular complexity index is 1060. The summed E-state index contributed by atoms with van der Waals surface area (Å²) in [4.78, 5) is 15.1. The van der Waals surface area contributed by atoms with Crippen LogP contribution in [0.2, 0.25) is 0 Å². The number of rotatable bonds is 4. The molecule has 0 amide bonds. The monoisotopic (exact) mass is 453 g/mol. The molecule has 2 N–H and O–H groups in total. The van der Waals surface area contributed by atoms with E-state index in [1.807, 2.05) is 7.05 Å². The van der Waals surface area contributed by atoms with Crippen molar-refractivity contribution in [3.05, 3.63) is 29.9 Å². The number of aliphatic imine (C=N–C) groups is 1. The summed E-state index contributed by atoms with van der Waals surface area (Å²) < 4.78 is 14.4. The van der Waals surface area contributed by atoms with Crippen molar-refractivity contribution in [2.45, 2.75) is 70.5 Å². The van der Waals surface area contributed by atoms with Crippen molar-refractivity contribution in [2.24, 2.45) is 4.99 Å². The first kappa shape index (κ1) is 23.2. The highest BCUT2D eigenvalue weighted by molar-refractivity contribution is 6.10. The van der Waals surface area contributed by atoms with Gasteiger partial charge in [0.25, 0.3) is 0 Å². The third-order valence-corrected chi connectivity index (χ3v) is 6.20. The quantitative estimate of drug-likeness (QED) is 0.724. The molecule has 0 unspecified atom stereocenters. The molecule has 2 aromatic heterocycles. The van der Waals surface area contributed by atoms with Crippen molar-refractivity contribution < 1.29 is 9.50 Å². The van der Waals surface area contributed by atoms with Crippen LogP contribution in [0.5, 0.6) is 5.75 Å². The molecule has 1 saturated heterocycles. The van der Waals surface area contributed by atoms with Crippen LogP contribution in [0.15, 0.2) is 29.3 Å². The maximum absolute atomic E-state index is 14.4. The number of nitrogens with one attached hydrogen (secondary N) is 1. The molecular weight excluding hydrogens is 421 g/mol. The van der Waals surface area contributed by atoms with E-state index >= 15 is 0 Å². The van der Waals surface area contributed by atoms with Crippen LogP contribution in [0, 0.1) is 0 Å². The van der Waals surface area contributed by atoms with Gasteiger partial charge in [-0.15, -0.1) is 10.2 Å². The van der Waals surface area contributed by atoms with E-state index in [0.29, 0.717) is 42.2 Å². The van der Waals surface area contributed by atoms with Gasteiger partial charge in [-0.05, 0) is 53.0 Å². The Morgan fingerprint density at radius 3 is 2.45 bits per heavy atom. The van der Waals surface area contributed by atoms with Gasteiger partial charge in [0.1, 0.15) is 23.0 Å². The summed E-state index contributed by atoms with van der Waals surface area (Å²) in [6, 6.07) is 1.74. The van der Waals surface area contributed by atoms with Crippen LogP contribution in [0.3, 0.4) is 0 Å². The lowest BCUT2D eigenvalue weighted by Gasteiger charge is -2.48. The highest BCUT2D eigenvalue weighted by atomic mass is 19.1. The van der Waals surface area contributed by atoms with E-state index in [1.54, 1.807) is 6.20 Å². The number of aromatic nitrogens is 4. The van der Waals surface area contributed by atoms with Gasteiger partial charge in [-0.1, -0.05) is 0 Å². The van der Waals surface area contributed by atoms with Crippen LogP contribution in [0.25, 0.3) is 17.0 Å². The zero-order chi connectivity index (χ0) is 23.8. The predicted octanol–water partition coefficient (Wildman–Crippen LogP) is 3.93. The third-order valence-electron chi connectivity index (χ3n) is 6.20. The molecule has 8 nitrogen and oxygen atoms in total. The third kappa shape index (κ3) is 5.19. The molecule has 33 heavy (non-hydrogen) atoms. The van der Waals surface area contributed by atoms with Gasteiger partial charge in [0.15, 0.2) is 0 Å². The minimum Gasteiger partial charge on any atom is -0.506 e. The number of nitrogens with zero attached hydrogens (tertiary/aromatic N) is 6. The molecule has 176 valence electrons. The molecule has 0 atom stereocenters. The molecule has 1 fully saturated rings. The maximum Gasteiger partial charge on any atom is 0.245 e. The molecule has 9 heteroatoms. The summed E-state index contributed by atoms with van der Waals surface area (Å²) in [6.07, 6.45) is 7.49. The van der Waals surface area contributed by atoms with E-state index in [-0.39, 0.29) is 34.4 Å². The fraction of sp³-hybridized carbons (Fsp3) is 0.542. The molecule has 0 saturated carbocycles. The first-order chi connectivity index (χ1) is 15.5. The molecule has 4 heterocycles. The molecule has 4 rings (SSSR count). The number of halogens is 1. The van der Waals surface area contributed by atoms with Gasteiger partial charge in [0, 0.05) is 60.7 Å². The van der Waals surface area contributed by atoms with Crippen molar-refractivity contribution >= 4 is 17.7 Å². The lowest BCUT2D eigenvalue weighted by atomic mass is 9.79. The van der Waals surface area contributed by atoms with Gasteiger partial charge in [-0.3, -0.25) is 4.99 Å². The Labute approximate surface area is 194 Å². The number of hydrogen-bond acceptors (Lipinski definition) is 8. The van der Waals surface area contributed by atoms with Crippen LogP contribution in [-0.4, -0.2) is 62.2 Å². The number of pyridine rings is 1. The predicted molar refractivity (Wildman–Crippen MR) is 128 cm³/mol. The van der Waals surface area contributed by atoms with E-state index in [1.165, 1.54) is 18.5 Å². The Kier molecular flexibility index (Phi) is 6.18. The largest absolute Gasteiger partial charge is 0.506 e. The Morgan fingerprint density at radius 2 is 1.82 bits per heavy atom. The van der Waals surface area contributed by atoms with Gasteiger partial charge in [0.2, 0.25) is 5.95 Å². The van der Waals surface area contributed by atoms with Crippen molar-refractivity contribution in [1.82, 2.24) is 25.5 Å². The number of allylic oxidation sites excluding steroid dienone is 2. The summed E-state index contributed by atoms with van der Waals surface area (Å²) in [5.74, 6) is 0.170. The number of anilines is 1. The standard InChI is InChI=1S/C24H32FN7O/c1-23(2)10-16(11-24(3,4)31-23)32(5)22-28-14-19(29-30-22)21-20(33)9-15(12-27-21)17-13-26-8-6-7-18(17)25/h9,12-14,16,31,33H,6-8,10-11H2,1-5H3. The zero-order valence-electron chi connectivity index (χ0n) is 19.9. The molecule has 0 spiro atoms. The minimum absolute atomic E-state index is 0.00245. The van der Waals surface area contributed by atoms with E-state index in [4.69, 9.17) is 0 Å². The summed E-state index contributed by atoms with van der Waals surface area (Å²) in [6.45, 7) is 9.41. The molecule has 0 aliphatic carbocycles. The van der Waals surface area contributed by atoms with Crippen LogP contribution < -0.4 is 10.2 Å². The van der Waals surface area contributed by atoms with Crippen molar-refractivity contribution in [2.75, 3.05) is 18.5 Å². The number of piperidine rings is 1. The average molecular weight is 454 g/mol. The first-order valence-corrected chi connectivity index (χ1v) is 11.3. The lowest BCUT2D eigenvalue weighted by molar-refractivity contribution is 0.160. The second-order valence-corrected chi connectivity index (χ2v) is 10.3. The average Bonchev–Trinajstić information content (AvgIpc) is 2.95. The zero-order valence-corrected chi connectivity index (χ0v) is 19.9. The highest BCUT2D eigenvalue weighted by Crippen LogP contribution is 2.33. The Hall–Kier alpha value is -2.94. The second kappa shape index (κ2) is 8.78. The lowest BCUT2D eigenvalue weighted by Crippen LogP contribution is -2.62. The Balaban J connectivity index is 1.55. The molecule has 2 aromatic rings. The Morgan fingerprint density at radius 1 is 1.09 bits per heavy atom. The van der Waals surface area contributed by atoms with E-state index in [2.05, 4.69) is 63.1 Å². The fourth-order valence-electron chi connectivity index (χ4n) is 4.96. The fourth-order valence-corrected chi connectivity index (χ4v) is 4.96. The van der Waals surface area contributed by atoms with Gasteiger partial charge in [-0.25, -0.2) is 14.4 Å². The summed E-state index contributed by atoms with van der Waals surface area (Å²) in [5.41, 5.74) is 1.45. The maximum atomic E-state index is 14.4. The molecule has 0 aromatic carbocycles. The van der Waals surface area contributed by atoms with Crippen LogP contribution in [0.1, 0.15) is 58.9 Å². The van der Waals surface area contributed by atoms with Gasteiger partial charge >= 0.3 is 0 Å². The number of hydrogen-bond donors (Lipinski definition) is 2. The van der Waals surface area contributed by atoms with Crippen molar-refractivity contribution in [3.63, 3.8) is 0 Å². The van der Waals surface area contributed by atoms with Crippen LogP contribution in [0.4, 0.5) is 10.3 Å². The second-order valence-electron chi connectivity index (χ2n) is 10.3. The summed E-state index contributed by atoms with van der Waals surface area (Å²) in [5, 5.41) is 22.8. The van der Waals surface area contributed by atoms with Gasteiger partial charge in [0.05, 0.1) is 6.20 Å². The topological polar surface area (TPSA) is 99.4 Å².